The van der Waals surface area contributed by atoms with E-state index in [2.05, 4.69) is 54.9 Å². The third kappa shape index (κ3) is 2.39. The van der Waals surface area contributed by atoms with Gasteiger partial charge in [0, 0.05) is 21.6 Å². The SMILES string of the molecule is CCc1cc(Nc2ccccc2C)cs1. The maximum Gasteiger partial charge on any atom is 0.0495 e. The molecule has 2 aromatic rings. The van der Waals surface area contributed by atoms with E-state index in [-0.39, 0.29) is 0 Å². The zero-order valence-electron chi connectivity index (χ0n) is 9.08. The first-order valence-corrected chi connectivity index (χ1v) is 6.07. The molecule has 1 heterocycles. The quantitative estimate of drug-likeness (QED) is 0.805. The summed E-state index contributed by atoms with van der Waals surface area (Å²) in [7, 11) is 0. The Balaban J connectivity index is 2.18. The van der Waals surface area contributed by atoms with Crippen molar-refractivity contribution < 1.29 is 0 Å². The highest BCUT2D eigenvalue weighted by Crippen LogP contribution is 2.25. The van der Waals surface area contributed by atoms with Crippen molar-refractivity contribution in [3.8, 4) is 0 Å². The summed E-state index contributed by atoms with van der Waals surface area (Å²) in [5.74, 6) is 0. The molecular formula is C13H15NS. The second-order valence-electron chi connectivity index (χ2n) is 3.60. The summed E-state index contributed by atoms with van der Waals surface area (Å²) in [6, 6.07) is 10.6. The Labute approximate surface area is 94.8 Å². The van der Waals surface area contributed by atoms with E-state index in [1.54, 1.807) is 0 Å². The Kier molecular flexibility index (Phi) is 3.07. The van der Waals surface area contributed by atoms with Crippen LogP contribution >= 0.6 is 11.3 Å². The van der Waals surface area contributed by atoms with Gasteiger partial charge in [0.15, 0.2) is 0 Å². The summed E-state index contributed by atoms with van der Waals surface area (Å²) in [6.07, 6.45) is 1.11. The highest BCUT2D eigenvalue weighted by molar-refractivity contribution is 7.10. The van der Waals surface area contributed by atoms with Crippen LogP contribution in [-0.2, 0) is 6.42 Å². The van der Waals surface area contributed by atoms with Gasteiger partial charge in [0.25, 0.3) is 0 Å². The Morgan fingerprint density at radius 2 is 2.07 bits per heavy atom. The highest BCUT2D eigenvalue weighted by Gasteiger charge is 2.00. The van der Waals surface area contributed by atoms with Gasteiger partial charge in [0.1, 0.15) is 0 Å². The standard InChI is InChI=1S/C13H15NS/c1-3-12-8-11(9-15-12)14-13-7-5-4-6-10(13)2/h4-9,14H,3H2,1-2H3. The van der Waals surface area contributed by atoms with Crippen molar-refractivity contribution in [1.29, 1.82) is 0 Å². The molecule has 78 valence electrons. The summed E-state index contributed by atoms with van der Waals surface area (Å²) in [5, 5.41) is 5.61. The van der Waals surface area contributed by atoms with Gasteiger partial charge < -0.3 is 5.32 Å². The molecule has 0 aliphatic heterocycles. The molecule has 0 unspecified atom stereocenters. The van der Waals surface area contributed by atoms with E-state index in [1.165, 1.54) is 21.8 Å². The van der Waals surface area contributed by atoms with E-state index in [4.69, 9.17) is 0 Å². The third-order valence-corrected chi connectivity index (χ3v) is 3.51. The lowest BCUT2D eigenvalue weighted by Gasteiger charge is -2.06. The topological polar surface area (TPSA) is 12.0 Å². The molecule has 15 heavy (non-hydrogen) atoms. The number of para-hydroxylation sites is 1. The number of anilines is 2. The molecule has 1 aromatic carbocycles. The van der Waals surface area contributed by atoms with E-state index in [1.807, 2.05) is 11.3 Å². The van der Waals surface area contributed by atoms with E-state index in [9.17, 15) is 0 Å². The molecule has 2 heteroatoms. The summed E-state index contributed by atoms with van der Waals surface area (Å²) in [4.78, 5) is 1.42. The second kappa shape index (κ2) is 4.49. The van der Waals surface area contributed by atoms with Gasteiger partial charge in [-0.15, -0.1) is 11.3 Å². The first-order valence-electron chi connectivity index (χ1n) is 5.19. The van der Waals surface area contributed by atoms with Gasteiger partial charge in [-0.05, 0) is 31.0 Å². The average molecular weight is 217 g/mol. The summed E-state index contributed by atoms with van der Waals surface area (Å²) in [5.41, 5.74) is 3.67. The Bertz CT molecular complexity index is 445. The van der Waals surface area contributed by atoms with Crippen LogP contribution in [0.4, 0.5) is 11.4 Å². The van der Waals surface area contributed by atoms with Crippen LogP contribution in [0.2, 0.25) is 0 Å². The van der Waals surface area contributed by atoms with Crippen LogP contribution < -0.4 is 5.32 Å². The lowest BCUT2D eigenvalue weighted by Crippen LogP contribution is -1.90. The van der Waals surface area contributed by atoms with Gasteiger partial charge in [-0.2, -0.15) is 0 Å². The summed E-state index contributed by atoms with van der Waals surface area (Å²) in [6.45, 7) is 4.30. The lowest BCUT2D eigenvalue weighted by molar-refractivity contribution is 1.19. The van der Waals surface area contributed by atoms with Crippen LogP contribution in [0, 0.1) is 6.92 Å². The fraction of sp³-hybridized carbons (Fsp3) is 0.231. The molecule has 0 radical (unpaired) electrons. The molecule has 1 N–H and O–H groups in total. The van der Waals surface area contributed by atoms with Crippen molar-refractivity contribution in [2.75, 3.05) is 5.32 Å². The second-order valence-corrected chi connectivity index (χ2v) is 4.59. The number of hydrogen-bond donors (Lipinski definition) is 1. The maximum atomic E-state index is 3.44. The molecule has 0 fully saturated rings. The Hall–Kier alpha value is -1.28. The molecule has 1 aromatic heterocycles. The predicted octanol–water partition coefficient (Wildman–Crippen LogP) is 4.36. The molecule has 0 spiro atoms. The van der Waals surface area contributed by atoms with Gasteiger partial charge in [-0.25, -0.2) is 0 Å². The molecule has 0 bridgehead atoms. The molecule has 0 amide bonds. The largest absolute Gasteiger partial charge is 0.355 e. The van der Waals surface area contributed by atoms with Crippen molar-refractivity contribution in [2.45, 2.75) is 20.3 Å². The molecule has 2 rings (SSSR count). The van der Waals surface area contributed by atoms with E-state index >= 15 is 0 Å². The van der Waals surface area contributed by atoms with E-state index in [0.717, 1.165) is 6.42 Å². The summed E-state index contributed by atoms with van der Waals surface area (Å²) < 4.78 is 0. The van der Waals surface area contributed by atoms with E-state index in [0.29, 0.717) is 0 Å². The van der Waals surface area contributed by atoms with Crippen LogP contribution in [0.1, 0.15) is 17.4 Å². The fourth-order valence-electron chi connectivity index (χ4n) is 1.50. The Morgan fingerprint density at radius 1 is 1.27 bits per heavy atom. The van der Waals surface area contributed by atoms with Gasteiger partial charge in [-0.1, -0.05) is 25.1 Å². The van der Waals surface area contributed by atoms with Crippen LogP contribution in [-0.4, -0.2) is 0 Å². The molecule has 0 aliphatic rings. The first kappa shape index (κ1) is 10.2. The molecule has 1 nitrogen and oxygen atoms in total. The highest BCUT2D eigenvalue weighted by atomic mass is 32.1. The number of aryl methyl sites for hydroxylation is 2. The van der Waals surface area contributed by atoms with Crippen molar-refractivity contribution in [2.24, 2.45) is 0 Å². The fourth-order valence-corrected chi connectivity index (χ4v) is 2.27. The molecule has 0 atom stereocenters. The van der Waals surface area contributed by atoms with Crippen LogP contribution in [0.25, 0.3) is 0 Å². The number of benzene rings is 1. The molecule has 0 saturated carbocycles. The van der Waals surface area contributed by atoms with Crippen LogP contribution in [0.5, 0.6) is 0 Å². The zero-order chi connectivity index (χ0) is 10.7. The number of nitrogens with one attached hydrogen (secondary N) is 1. The van der Waals surface area contributed by atoms with Gasteiger partial charge >= 0.3 is 0 Å². The van der Waals surface area contributed by atoms with Crippen molar-refractivity contribution in [1.82, 2.24) is 0 Å². The molecule has 0 saturated heterocycles. The molecule has 0 aliphatic carbocycles. The zero-order valence-corrected chi connectivity index (χ0v) is 9.90. The summed E-state index contributed by atoms with van der Waals surface area (Å²) >= 11 is 1.81. The van der Waals surface area contributed by atoms with Crippen LogP contribution in [0.15, 0.2) is 35.7 Å². The van der Waals surface area contributed by atoms with Crippen molar-refractivity contribution >= 4 is 22.7 Å². The lowest BCUT2D eigenvalue weighted by atomic mass is 10.2. The van der Waals surface area contributed by atoms with Crippen molar-refractivity contribution in [3.63, 3.8) is 0 Å². The molecular weight excluding hydrogens is 202 g/mol. The number of rotatable bonds is 3. The minimum Gasteiger partial charge on any atom is -0.355 e. The van der Waals surface area contributed by atoms with Crippen LogP contribution in [0.3, 0.4) is 0 Å². The number of hydrogen-bond acceptors (Lipinski definition) is 2. The normalized spacial score (nSPS) is 10.3. The van der Waals surface area contributed by atoms with Gasteiger partial charge in [-0.3, -0.25) is 0 Å². The monoisotopic (exact) mass is 217 g/mol. The maximum absolute atomic E-state index is 3.44. The van der Waals surface area contributed by atoms with E-state index < -0.39 is 0 Å². The Morgan fingerprint density at radius 3 is 2.73 bits per heavy atom. The van der Waals surface area contributed by atoms with Crippen molar-refractivity contribution in [3.05, 3.63) is 46.2 Å². The number of thiophene rings is 1. The predicted molar refractivity (Wildman–Crippen MR) is 68.2 cm³/mol. The average Bonchev–Trinajstić information content (AvgIpc) is 2.69. The smallest absolute Gasteiger partial charge is 0.0495 e. The van der Waals surface area contributed by atoms with Gasteiger partial charge in [0.05, 0.1) is 0 Å². The van der Waals surface area contributed by atoms with Gasteiger partial charge in [0.2, 0.25) is 0 Å². The first-order chi connectivity index (χ1) is 7.29. The minimum atomic E-state index is 1.11. The third-order valence-electron chi connectivity index (χ3n) is 2.43. The minimum absolute atomic E-state index is 1.11.